The minimum atomic E-state index is -0.0316. The summed E-state index contributed by atoms with van der Waals surface area (Å²) in [7, 11) is 1.80. The van der Waals surface area contributed by atoms with Crippen LogP contribution in [0.1, 0.15) is 28.2 Å². The van der Waals surface area contributed by atoms with E-state index in [2.05, 4.69) is 15.2 Å². The molecule has 0 fully saturated rings. The van der Waals surface area contributed by atoms with E-state index in [1.165, 1.54) is 0 Å². The normalized spacial score (nSPS) is 12.1. The molecule has 0 aliphatic carbocycles. The summed E-state index contributed by atoms with van der Waals surface area (Å²) in [5.74, 6) is -0.0316. The molecular formula is C15H15N5OS. The molecule has 1 aromatic carbocycles. The Balaban J connectivity index is 1.84. The lowest BCUT2D eigenvalue weighted by Gasteiger charge is -2.24. The predicted molar refractivity (Wildman–Crippen MR) is 84.0 cm³/mol. The fourth-order valence-electron chi connectivity index (χ4n) is 2.14. The number of carbonyl (C=O) groups excluding carboxylic acids is 1. The number of carbonyl (C=O) groups is 1. The van der Waals surface area contributed by atoms with Gasteiger partial charge in [0.25, 0.3) is 5.91 Å². The summed E-state index contributed by atoms with van der Waals surface area (Å²) in [6.07, 6.45) is 5.01. The summed E-state index contributed by atoms with van der Waals surface area (Å²) in [5.41, 5.74) is 3.26. The number of amides is 1. The maximum atomic E-state index is 12.7. The first kappa shape index (κ1) is 14.4. The highest BCUT2D eigenvalue weighted by Gasteiger charge is 2.20. The third kappa shape index (κ3) is 2.75. The van der Waals surface area contributed by atoms with Crippen molar-refractivity contribution < 1.29 is 4.79 Å². The van der Waals surface area contributed by atoms with Crippen LogP contribution in [0, 0.1) is 0 Å². The Labute approximate surface area is 132 Å². The first-order valence-corrected chi connectivity index (χ1v) is 7.65. The van der Waals surface area contributed by atoms with E-state index in [1.54, 1.807) is 52.2 Å². The fraction of sp³-hybridized carbons (Fsp3) is 0.200. The fourth-order valence-corrected chi connectivity index (χ4v) is 2.86. The van der Waals surface area contributed by atoms with Gasteiger partial charge in [0.15, 0.2) is 0 Å². The second kappa shape index (κ2) is 6.07. The van der Waals surface area contributed by atoms with Crippen LogP contribution in [0.25, 0.3) is 5.69 Å². The predicted octanol–water partition coefficient (Wildman–Crippen LogP) is 2.56. The van der Waals surface area contributed by atoms with E-state index in [0.29, 0.717) is 5.56 Å². The van der Waals surface area contributed by atoms with Crippen molar-refractivity contribution in [2.75, 3.05) is 7.05 Å². The Morgan fingerprint density at radius 1 is 1.32 bits per heavy atom. The molecule has 112 valence electrons. The number of nitrogens with zero attached hydrogens (tertiary/aromatic N) is 5. The molecule has 2 heterocycles. The molecule has 0 bridgehead atoms. The van der Waals surface area contributed by atoms with Crippen molar-refractivity contribution in [1.29, 1.82) is 0 Å². The van der Waals surface area contributed by atoms with Crippen molar-refractivity contribution in [3.8, 4) is 5.69 Å². The maximum absolute atomic E-state index is 12.7. The van der Waals surface area contributed by atoms with Gasteiger partial charge in [0.2, 0.25) is 0 Å². The van der Waals surface area contributed by atoms with Crippen molar-refractivity contribution in [3.05, 3.63) is 59.1 Å². The first-order chi connectivity index (χ1) is 10.7. The standard InChI is InChI=1S/C15H15N5OS/c1-11(14-7-16-10-22-14)19(2)15(21)12-4-3-5-13(6-12)20-8-17-18-9-20/h3-11H,1-2H3/t11-/m1/s1. The van der Waals surface area contributed by atoms with Crippen molar-refractivity contribution in [1.82, 2.24) is 24.6 Å². The van der Waals surface area contributed by atoms with E-state index < -0.39 is 0 Å². The molecule has 0 spiro atoms. The lowest BCUT2D eigenvalue weighted by atomic mass is 10.1. The number of benzene rings is 1. The molecule has 22 heavy (non-hydrogen) atoms. The maximum Gasteiger partial charge on any atom is 0.254 e. The minimum absolute atomic E-state index is 0.0152. The van der Waals surface area contributed by atoms with Gasteiger partial charge in [-0.2, -0.15) is 0 Å². The lowest BCUT2D eigenvalue weighted by Crippen LogP contribution is -2.29. The van der Waals surface area contributed by atoms with Crippen molar-refractivity contribution in [2.45, 2.75) is 13.0 Å². The monoisotopic (exact) mass is 313 g/mol. The molecule has 7 heteroatoms. The molecule has 0 radical (unpaired) electrons. The average molecular weight is 313 g/mol. The summed E-state index contributed by atoms with van der Waals surface area (Å²) < 4.78 is 1.77. The Kier molecular flexibility index (Phi) is 3.97. The second-order valence-electron chi connectivity index (χ2n) is 4.92. The van der Waals surface area contributed by atoms with E-state index >= 15 is 0 Å². The number of aromatic nitrogens is 4. The van der Waals surface area contributed by atoms with Crippen LogP contribution in [0.4, 0.5) is 0 Å². The van der Waals surface area contributed by atoms with Gasteiger partial charge >= 0.3 is 0 Å². The van der Waals surface area contributed by atoms with E-state index in [1.807, 2.05) is 31.2 Å². The van der Waals surface area contributed by atoms with E-state index in [9.17, 15) is 4.79 Å². The van der Waals surface area contributed by atoms with Gasteiger partial charge in [-0.15, -0.1) is 21.5 Å². The molecule has 3 aromatic rings. The summed E-state index contributed by atoms with van der Waals surface area (Å²) in [4.78, 5) is 19.5. The molecule has 0 unspecified atom stereocenters. The summed E-state index contributed by atoms with van der Waals surface area (Å²) >= 11 is 1.55. The smallest absolute Gasteiger partial charge is 0.254 e. The summed E-state index contributed by atoms with van der Waals surface area (Å²) in [5, 5.41) is 7.56. The molecule has 0 N–H and O–H groups in total. The highest BCUT2D eigenvalue weighted by molar-refractivity contribution is 7.09. The molecule has 1 amide bonds. The van der Waals surface area contributed by atoms with Crippen LogP contribution in [-0.2, 0) is 0 Å². The molecule has 2 aromatic heterocycles. The van der Waals surface area contributed by atoms with Gasteiger partial charge in [0.05, 0.1) is 11.6 Å². The number of hydrogen-bond donors (Lipinski definition) is 0. The Hall–Kier alpha value is -2.54. The second-order valence-corrected chi connectivity index (χ2v) is 5.83. The third-order valence-corrected chi connectivity index (χ3v) is 4.52. The van der Waals surface area contributed by atoms with Crippen molar-refractivity contribution in [3.63, 3.8) is 0 Å². The van der Waals surface area contributed by atoms with Gasteiger partial charge in [-0.1, -0.05) is 6.07 Å². The Morgan fingerprint density at radius 3 is 2.77 bits per heavy atom. The van der Waals surface area contributed by atoms with Gasteiger partial charge < -0.3 is 4.90 Å². The minimum Gasteiger partial charge on any atom is -0.334 e. The number of hydrogen-bond acceptors (Lipinski definition) is 5. The van der Waals surface area contributed by atoms with Crippen molar-refractivity contribution >= 4 is 17.2 Å². The van der Waals surface area contributed by atoms with Crippen LogP contribution in [0.15, 0.2) is 48.6 Å². The number of rotatable bonds is 4. The zero-order valence-corrected chi connectivity index (χ0v) is 13.1. The average Bonchev–Trinajstić information content (AvgIpc) is 3.25. The van der Waals surface area contributed by atoms with Gasteiger partial charge in [-0.25, -0.2) is 0 Å². The van der Waals surface area contributed by atoms with Crippen LogP contribution in [0.5, 0.6) is 0 Å². The molecule has 1 atom stereocenters. The highest BCUT2D eigenvalue weighted by atomic mass is 32.1. The molecule has 0 saturated heterocycles. The first-order valence-electron chi connectivity index (χ1n) is 6.77. The molecule has 0 saturated carbocycles. The van der Waals surface area contributed by atoms with Crippen LogP contribution < -0.4 is 0 Å². The van der Waals surface area contributed by atoms with E-state index in [4.69, 9.17) is 0 Å². The van der Waals surface area contributed by atoms with E-state index in [-0.39, 0.29) is 11.9 Å². The molecule has 0 aliphatic heterocycles. The van der Waals surface area contributed by atoms with Crippen LogP contribution >= 0.6 is 11.3 Å². The molecular weight excluding hydrogens is 298 g/mol. The lowest BCUT2D eigenvalue weighted by molar-refractivity contribution is 0.0745. The van der Waals surface area contributed by atoms with Crippen molar-refractivity contribution in [2.24, 2.45) is 0 Å². The summed E-state index contributed by atoms with van der Waals surface area (Å²) in [6.45, 7) is 2.00. The topological polar surface area (TPSA) is 63.9 Å². The van der Waals surface area contributed by atoms with Gasteiger partial charge in [-0.3, -0.25) is 14.3 Å². The van der Waals surface area contributed by atoms with Gasteiger partial charge in [0, 0.05) is 29.4 Å². The number of thiazole rings is 1. The van der Waals surface area contributed by atoms with Crippen LogP contribution in [-0.4, -0.2) is 37.6 Å². The molecule has 3 rings (SSSR count). The third-order valence-electron chi connectivity index (χ3n) is 3.57. The zero-order chi connectivity index (χ0) is 15.5. The molecule has 0 aliphatic rings. The van der Waals surface area contributed by atoms with Crippen LogP contribution in [0.2, 0.25) is 0 Å². The van der Waals surface area contributed by atoms with Crippen LogP contribution in [0.3, 0.4) is 0 Å². The highest BCUT2D eigenvalue weighted by Crippen LogP contribution is 2.24. The quantitative estimate of drug-likeness (QED) is 0.742. The molecule has 6 nitrogen and oxygen atoms in total. The Morgan fingerprint density at radius 2 is 2.09 bits per heavy atom. The summed E-state index contributed by atoms with van der Waals surface area (Å²) in [6, 6.07) is 7.40. The SMILES string of the molecule is C[C@H](c1cncs1)N(C)C(=O)c1cccc(-n2cnnc2)c1. The Bertz CT molecular complexity index is 754. The zero-order valence-electron chi connectivity index (χ0n) is 12.2. The largest absolute Gasteiger partial charge is 0.334 e. The van der Waals surface area contributed by atoms with Gasteiger partial charge in [0.1, 0.15) is 12.7 Å². The van der Waals surface area contributed by atoms with Gasteiger partial charge in [-0.05, 0) is 25.1 Å². The van der Waals surface area contributed by atoms with E-state index in [0.717, 1.165) is 10.6 Å².